The molecule has 0 saturated heterocycles. The number of nitrogens with one attached hydrogen (secondary N) is 1. The maximum Gasteiger partial charge on any atom is 0.297 e. The number of hydrogen-bond donors (Lipinski definition) is 1. The molecule has 1 aromatic heterocycles. The van der Waals surface area contributed by atoms with Crippen molar-refractivity contribution in [3.63, 3.8) is 0 Å². The first-order valence-electron chi connectivity index (χ1n) is 10.8. The number of aryl methyl sites for hydroxylation is 1. The van der Waals surface area contributed by atoms with Crippen molar-refractivity contribution in [2.45, 2.75) is 18.7 Å². The average molecular weight is 506 g/mol. The highest BCUT2D eigenvalue weighted by atomic mass is 32.2. The molecule has 1 N–H and O–H groups in total. The summed E-state index contributed by atoms with van der Waals surface area (Å²) in [6.45, 7) is 3.56. The van der Waals surface area contributed by atoms with Crippen LogP contribution in [0.3, 0.4) is 0 Å². The minimum atomic E-state index is -3.98. The van der Waals surface area contributed by atoms with E-state index in [0.29, 0.717) is 11.4 Å². The quantitative estimate of drug-likeness (QED) is 0.228. The predicted octanol–water partition coefficient (Wildman–Crippen LogP) is 4.25. The van der Waals surface area contributed by atoms with Crippen LogP contribution in [0.4, 0.5) is 17.1 Å². The molecule has 4 rings (SSSR count). The Labute approximate surface area is 207 Å². The highest BCUT2D eigenvalue weighted by Crippen LogP contribution is 2.25. The van der Waals surface area contributed by atoms with Gasteiger partial charge in [-0.25, -0.2) is 18.1 Å². The van der Waals surface area contributed by atoms with Gasteiger partial charge in [0.1, 0.15) is 0 Å². The summed E-state index contributed by atoms with van der Waals surface area (Å²) in [6, 6.07) is 19.0. The van der Waals surface area contributed by atoms with Crippen molar-refractivity contribution in [3.8, 4) is 5.69 Å². The van der Waals surface area contributed by atoms with Gasteiger partial charge < -0.3 is 0 Å². The molecule has 0 saturated carbocycles. The van der Waals surface area contributed by atoms with E-state index in [0.717, 1.165) is 5.56 Å². The number of nitro benzene ring substituents is 1. The smallest absolute Gasteiger partial charge is 0.283 e. The largest absolute Gasteiger partial charge is 0.297 e. The molecule has 1 heterocycles. The second-order valence-corrected chi connectivity index (χ2v) is 9.80. The van der Waals surface area contributed by atoms with Gasteiger partial charge in [-0.3, -0.25) is 24.3 Å². The van der Waals surface area contributed by atoms with Crippen molar-refractivity contribution in [2.75, 3.05) is 4.72 Å². The van der Waals surface area contributed by atoms with E-state index >= 15 is 0 Å². The Bertz CT molecular complexity index is 1640. The first-order valence-corrected chi connectivity index (χ1v) is 12.3. The third-order valence-electron chi connectivity index (χ3n) is 5.68. The van der Waals surface area contributed by atoms with Crippen LogP contribution in [0.25, 0.3) is 5.69 Å². The standard InChI is InChI=1S/C25H23N5O5S/c1-17-9-12-22(13-10-17)36(34,35)27-23-14-11-21(30(32)33)15-19(23)16-26-24-18(2)28(3)29(25(24)31)20-7-5-4-6-8-20/h4-16,27H,1-3H3. The number of nitrogens with zero attached hydrogens (tertiary/aromatic N) is 4. The summed E-state index contributed by atoms with van der Waals surface area (Å²) in [4.78, 5) is 28.3. The second kappa shape index (κ2) is 9.62. The van der Waals surface area contributed by atoms with Gasteiger partial charge in [-0.15, -0.1) is 0 Å². The highest BCUT2D eigenvalue weighted by molar-refractivity contribution is 7.92. The molecule has 184 valence electrons. The van der Waals surface area contributed by atoms with E-state index in [2.05, 4.69) is 9.71 Å². The average Bonchev–Trinajstić information content (AvgIpc) is 3.06. The summed E-state index contributed by atoms with van der Waals surface area (Å²) in [5, 5.41) is 11.4. The van der Waals surface area contributed by atoms with Gasteiger partial charge in [0.2, 0.25) is 0 Å². The highest BCUT2D eigenvalue weighted by Gasteiger charge is 2.19. The van der Waals surface area contributed by atoms with E-state index in [1.54, 1.807) is 42.9 Å². The minimum Gasteiger partial charge on any atom is -0.283 e. The number of aromatic nitrogens is 2. The molecule has 11 heteroatoms. The van der Waals surface area contributed by atoms with Gasteiger partial charge in [-0.1, -0.05) is 35.9 Å². The van der Waals surface area contributed by atoms with Crippen LogP contribution in [0.5, 0.6) is 0 Å². The number of non-ortho nitro benzene ring substituents is 1. The second-order valence-electron chi connectivity index (χ2n) is 8.12. The number of sulfonamides is 1. The third-order valence-corrected chi connectivity index (χ3v) is 7.06. The molecule has 3 aromatic carbocycles. The lowest BCUT2D eigenvalue weighted by Gasteiger charge is -2.11. The van der Waals surface area contributed by atoms with Crippen LogP contribution < -0.4 is 10.3 Å². The van der Waals surface area contributed by atoms with Crippen molar-refractivity contribution in [1.82, 2.24) is 9.36 Å². The van der Waals surface area contributed by atoms with Crippen molar-refractivity contribution in [1.29, 1.82) is 0 Å². The van der Waals surface area contributed by atoms with E-state index in [-0.39, 0.29) is 33.1 Å². The maximum absolute atomic E-state index is 13.1. The lowest BCUT2D eigenvalue weighted by molar-refractivity contribution is -0.384. The summed E-state index contributed by atoms with van der Waals surface area (Å²) in [5.41, 5.74) is 1.82. The lowest BCUT2D eigenvalue weighted by Crippen LogP contribution is -2.19. The number of hydrogen-bond acceptors (Lipinski definition) is 6. The fourth-order valence-corrected chi connectivity index (χ4v) is 4.71. The van der Waals surface area contributed by atoms with Gasteiger partial charge in [0.15, 0.2) is 5.69 Å². The molecule has 0 aliphatic carbocycles. The molecule has 0 atom stereocenters. The fraction of sp³-hybridized carbons (Fsp3) is 0.120. The normalized spacial score (nSPS) is 11.6. The molecule has 0 radical (unpaired) electrons. The summed E-state index contributed by atoms with van der Waals surface area (Å²) in [6.07, 6.45) is 1.25. The zero-order chi connectivity index (χ0) is 26.0. The van der Waals surface area contributed by atoms with Crippen molar-refractivity contribution < 1.29 is 13.3 Å². The number of aliphatic imine (C=N–C) groups is 1. The molecule has 0 fully saturated rings. The summed E-state index contributed by atoms with van der Waals surface area (Å²) in [5.74, 6) is 0. The monoisotopic (exact) mass is 505 g/mol. The van der Waals surface area contributed by atoms with Gasteiger partial charge in [-0.2, -0.15) is 0 Å². The summed E-state index contributed by atoms with van der Waals surface area (Å²) >= 11 is 0. The van der Waals surface area contributed by atoms with E-state index in [1.165, 1.54) is 41.2 Å². The van der Waals surface area contributed by atoms with Crippen molar-refractivity contribution >= 4 is 33.3 Å². The van der Waals surface area contributed by atoms with Crippen molar-refractivity contribution in [3.05, 3.63) is 110 Å². The number of para-hydroxylation sites is 1. The molecule has 0 unspecified atom stereocenters. The Morgan fingerprint density at radius 2 is 1.67 bits per heavy atom. The molecule has 0 aliphatic heterocycles. The first-order chi connectivity index (χ1) is 17.1. The minimum absolute atomic E-state index is 0.0407. The Hall–Kier alpha value is -4.51. The topological polar surface area (TPSA) is 129 Å². The first kappa shape index (κ1) is 24.6. The zero-order valence-electron chi connectivity index (χ0n) is 19.7. The molecule has 10 nitrogen and oxygen atoms in total. The van der Waals surface area contributed by atoms with Gasteiger partial charge >= 0.3 is 0 Å². The molecule has 0 bridgehead atoms. The van der Waals surface area contributed by atoms with Crippen LogP contribution in [-0.4, -0.2) is 28.9 Å². The Balaban J connectivity index is 1.77. The molecule has 0 amide bonds. The van der Waals surface area contributed by atoms with Crippen LogP contribution >= 0.6 is 0 Å². The molecule has 0 spiro atoms. The molecule has 4 aromatic rings. The number of nitro groups is 1. The van der Waals surface area contributed by atoms with E-state index in [1.807, 2.05) is 25.1 Å². The van der Waals surface area contributed by atoms with Crippen molar-refractivity contribution in [2.24, 2.45) is 12.0 Å². The van der Waals surface area contributed by atoms with Crippen LogP contribution in [-0.2, 0) is 17.1 Å². The summed E-state index contributed by atoms with van der Waals surface area (Å²) < 4.78 is 31.4. The molecular weight excluding hydrogens is 482 g/mol. The zero-order valence-corrected chi connectivity index (χ0v) is 20.6. The number of anilines is 1. The number of rotatable bonds is 7. The predicted molar refractivity (Wildman–Crippen MR) is 138 cm³/mol. The Morgan fingerprint density at radius 1 is 1.00 bits per heavy atom. The van der Waals surface area contributed by atoms with E-state index < -0.39 is 14.9 Å². The van der Waals surface area contributed by atoms with Gasteiger partial charge in [0, 0.05) is 31.0 Å². The van der Waals surface area contributed by atoms with Gasteiger partial charge in [-0.05, 0) is 44.2 Å². The lowest BCUT2D eigenvalue weighted by atomic mass is 10.2. The van der Waals surface area contributed by atoms with Gasteiger partial charge in [0.25, 0.3) is 21.3 Å². The van der Waals surface area contributed by atoms with E-state index in [4.69, 9.17) is 0 Å². The van der Waals surface area contributed by atoms with Crippen LogP contribution in [0.2, 0.25) is 0 Å². The summed E-state index contributed by atoms with van der Waals surface area (Å²) in [7, 11) is -2.26. The molecular formula is C25H23N5O5S. The molecule has 0 aliphatic rings. The van der Waals surface area contributed by atoms with E-state index in [9.17, 15) is 23.3 Å². The Morgan fingerprint density at radius 3 is 2.31 bits per heavy atom. The SMILES string of the molecule is Cc1ccc(S(=O)(=O)Nc2ccc([N+](=O)[O-])cc2C=Nc2c(C)n(C)n(-c3ccccc3)c2=O)cc1. The van der Waals surface area contributed by atoms with Gasteiger partial charge in [0.05, 0.1) is 26.9 Å². The maximum atomic E-state index is 13.1. The fourth-order valence-electron chi connectivity index (χ4n) is 3.62. The molecule has 36 heavy (non-hydrogen) atoms. The van der Waals surface area contributed by atoms with Crippen LogP contribution in [0.1, 0.15) is 16.8 Å². The Kier molecular flexibility index (Phi) is 6.58. The van der Waals surface area contributed by atoms with Crippen LogP contribution in [0, 0.1) is 24.0 Å². The van der Waals surface area contributed by atoms with Crippen LogP contribution in [0.15, 0.2) is 87.5 Å². The third kappa shape index (κ3) is 4.82. The number of benzene rings is 3.